The summed E-state index contributed by atoms with van der Waals surface area (Å²) in [5, 5.41) is 3.08. The quantitative estimate of drug-likeness (QED) is 0.726. The summed E-state index contributed by atoms with van der Waals surface area (Å²) in [6, 6.07) is 5.22. The van der Waals surface area contributed by atoms with E-state index in [0.717, 1.165) is 25.9 Å². The molecule has 1 aliphatic heterocycles. The highest BCUT2D eigenvalue weighted by atomic mass is 16.1. The van der Waals surface area contributed by atoms with Crippen LogP contribution in [0, 0.1) is 0 Å². The SMILES string of the molecule is CC(C)(C)N1CCC(NC(=O)c2ccc(N)cc2N)CC1. The van der Waals surface area contributed by atoms with Gasteiger partial charge in [-0.25, -0.2) is 0 Å². The number of anilines is 2. The molecular weight excluding hydrogens is 264 g/mol. The Bertz CT molecular complexity index is 513. The van der Waals surface area contributed by atoms with Crippen LogP contribution in [-0.2, 0) is 0 Å². The van der Waals surface area contributed by atoms with E-state index in [1.807, 2.05) is 0 Å². The molecule has 2 rings (SSSR count). The number of nitrogens with one attached hydrogen (secondary N) is 1. The molecule has 5 heteroatoms. The number of carbonyl (C=O) groups is 1. The second-order valence-corrected chi connectivity index (χ2v) is 6.75. The summed E-state index contributed by atoms with van der Waals surface area (Å²) < 4.78 is 0. The highest BCUT2D eigenvalue weighted by Gasteiger charge is 2.27. The molecule has 0 radical (unpaired) electrons. The van der Waals surface area contributed by atoms with Crippen molar-refractivity contribution >= 4 is 17.3 Å². The number of carbonyl (C=O) groups excluding carboxylic acids is 1. The first-order valence-corrected chi connectivity index (χ1v) is 7.48. The number of piperidine rings is 1. The Morgan fingerprint density at radius 3 is 2.38 bits per heavy atom. The number of amides is 1. The van der Waals surface area contributed by atoms with Gasteiger partial charge in [0, 0.05) is 36.0 Å². The van der Waals surface area contributed by atoms with Crippen molar-refractivity contribution < 1.29 is 4.79 Å². The maximum atomic E-state index is 12.3. The zero-order chi connectivity index (χ0) is 15.6. The van der Waals surface area contributed by atoms with Crippen LogP contribution in [0.25, 0.3) is 0 Å². The monoisotopic (exact) mass is 290 g/mol. The van der Waals surface area contributed by atoms with Gasteiger partial charge in [-0.1, -0.05) is 0 Å². The van der Waals surface area contributed by atoms with E-state index < -0.39 is 0 Å². The van der Waals surface area contributed by atoms with Crippen molar-refractivity contribution in [3.8, 4) is 0 Å². The number of hydrogen-bond acceptors (Lipinski definition) is 4. The first-order valence-electron chi connectivity index (χ1n) is 7.48. The maximum Gasteiger partial charge on any atom is 0.253 e. The Kier molecular flexibility index (Phi) is 4.42. The lowest BCUT2D eigenvalue weighted by Crippen LogP contribution is -2.50. The predicted octanol–water partition coefficient (Wildman–Crippen LogP) is 1.84. The number of rotatable bonds is 2. The standard InChI is InChI=1S/C16H26N4O/c1-16(2,3)20-8-6-12(7-9-20)19-15(21)13-5-4-11(17)10-14(13)18/h4-5,10,12H,6-9,17-18H2,1-3H3,(H,19,21). The molecule has 21 heavy (non-hydrogen) atoms. The predicted molar refractivity (Wildman–Crippen MR) is 87.1 cm³/mol. The van der Waals surface area contributed by atoms with E-state index in [9.17, 15) is 4.79 Å². The molecule has 0 aromatic heterocycles. The van der Waals surface area contributed by atoms with E-state index in [-0.39, 0.29) is 17.5 Å². The van der Waals surface area contributed by atoms with Crippen LogP contribution in [0.5, 0.6) is 0 Å². The molecule has 1 saturated heterocycles. The molecule has 116 valence electrons. The van der Waals surface area contributed by atoms with E-state index in [0.29, 0.717) is 16.9 Å². The van der Waals surface area contributed by atoms with Gasteiger partial charge in [-0.2, -0.15) is 0 Å². The highest BCUT2D eigenvalue weighted by molar-refractivity contribution is 5.99. The van der Waals surface area contributed by atoms with E-state index in [1.165, 1.54) is 0 Å². The smallest absolute Gasteiger partial charge is 0.253 e. The minimum absolute atomic E-state index is 0.110. The van der Waals surface area contributed by atoms with Crippen molar-refractivity contribution in [2.45, 2.75) is 45.2 Å². The number of nitrogen functional groups attached to an aromatic ring is 2. The summed E-state index contributed by atoms with van der Waals surface area (Å²) in [5.41, 5.74) is 13.2. The molecule has 0 atom stereocenters. The minimum atomic E-state index is -0.110. The second-order valence-electron chi connectivity index (χ2n) is 6.75. The average Bonchev–Trinajstić information content (AvgIpc) is 2.38. The van der Waals surface area contributed by atoms with Gasteiger partial charge < -0.3 is 16.8 Å². The first-order chi connectivity index (χ1) is 9.77. The van der Waals surface area contributed by atoms with E-state index in [4.69, 9.17) is 11.5 Å². The number of nitrogens with two attached hydrogens (primary N) is 2. The van der Waals surface area contributed by atoms with Crippen molar-refractivity contribution in [3.05, 3.63) is 23.8 Å². The summed E-state index contributed by atoms with van der Waals surface area (Å²) in [4.78, 5) is 14.7. The molecule has 5 nitrogen and oxygen atoms in total. The van der Waals surface area contributed by atoms with Gasteiger partial charge in [0.15, 0.2) is 0 Å². The summed E-state index contributed by atoms with van der Waals surface area (Å²) >= 11 is 0. The normalized spacial score (nSPS) is 17.7. The fourth-order valence-electron chi connectivity index (χ4n) is 2.75. The molecule has 0 spiro atoms. The fourth-order valence-corrected chi connectivity index (χ4v) is 2.75. The highest BCUT2D eigenvalue weighted by Crippen LogP contribution is 2.21. The molecule has 1 aromatic rings. The molecule has 1 heterocycles. The van der Waals surface area contributed by atoms with Crippen molar-refractivity contribution in [2.75, 3.05) is 24.6 Å². The van der Waals surface area contributed by atoms with Gasteiger partial charge in [0.1, 0.15) is 0 Å². The largest absolute Gasteiger partial charge is 0.399 e. The molecule has 1 fully saturated rings. The van der Waals surface area contributed by atoms with Crippen LogP contribution < -0.4 is 16.8 Å². The molecule has 0 aliphatic carbocycles. The van der Waals surface area contributed by atoms with Gasteiger partial charge in [-0.05, 0) is 51.8 Å². The van der Waals surface area contributed by atoms with Gasteiger partial charge in [-0.3, -0.25) is 9.69 Å². The lowest BCUT2D eigenvalue weighted by molar-refractivity contribution is 0.0813. The van der Waals surface area contributed by atoms with E-state index >= 15 is 0 Å². The summed E-state index contributed by atoms with van der Waals surface area (Å²) in [6.07, 6.45) is 1.94. The first kappa shape index (κ1) is 15.6. The van der Waals surface area contributed by atoms with Crippen LogP contribution >= 0.6 is 0 Å². The summed E-state index contributed by atoms with van der Waals surface area (Å²) in [5.74, 6) is -0.110. The van der Waals surface area contributed by atoms with E-state index in [1.54, 1.807) is 18.2 Å². The third-order valence-electron chi connectivity index (χ3n) is 4.10. The third-order valence-corrected chi connectivity index (χ3v) is 4.10. The molecule has 0 unspecified atom stereocenters. The topological polar surface area (TPSA) is 84.4 Å². The van der Waals surface area contributed by atoms with Gasteiger partial charge in [-0.15, -0.1) is 0 Å². The molecule has 1 aliphatic rings. The van der Waals surface area contributed by atoms with Gasteiger partial charge in [0.05, 0.1) is 5.56 Å². The lowest BCUT2D eigenvalue weighted by Gasteiger charge is -2.41. The Balaban J connectivity index is 1.93. The Hall–Kier alpha value is -1.75. The van der Waals surface area contributed by atoms with E-state index in [2.05, 4.69) is 31.0 Å². The summed E-state index contributed by atoms with van der Waals surface area (Å²) in [7, 11) is 0. The number of benzene rings is 1. The Morgan fingerprint density at radius 1 is 1.24 bits per heavy atom. The number of hydrogen-bond donors (Lipinski definition) is 3. The van der Waals surface area contributed by atoms with Crippen molar-refractivity contribution in [1.82, 2.24) is 10.2 Å². The van der Waals surface area contributed by atoms with Crippen molar-refractivity contribution in [2.24, 2.45) is 0 Å². The average molecular weight is 290 g/mol. The molecular formula is C16H26N4O. The van der Waals surface area contributed by atoms with Crippen LogP contribution in [0.2, 0.25) is 0 Å². The molecule has 1 amide bonds. The third kappa shape index (κ3) is 3.88. The fraction of sp³-hybridized carbons (Fsp3) is 0.562. The van der Waals surface area contributed by atoms with Crippen LogP contribution in [0.1, 0.15) is 44.0 Å². The zero-order valence-electron chi connectivity index (χ0n) is 13.1. The van der Waals surface area contributed by atoms with Crippen LogP contribution in [-0.4, -0.2) is 35.5 Å². The maximum absolute atomic E-state index is 12.3. The summed E-state index contributed by atoms with van der Waals surface area (Å²) in [6.45, 7) is 8.68. The van der Waals surface area contributed by atoms with Crippen LogP contribution in [0.4, 0.5) is 11.4 Å². The number of likely N-dealkylation sites (tertiary alicyclic amines) is 1. The van der Waals surface area contributed by atoms with Crippen LogP contribution in [0.15, 0.2) is 18.2 Å². The zero-order valence-corrected chi connectivity index (χ0v) is 13.1. The molecule has 1 aromatic carbocycles. The Morgan fingerprint density at radius 2 is 1.86 bits per heavy atom. The number of nitrogens with zero attached hydrogens (tertiary/aromatic N) is 1. The van der Waals surface area contributed by atoms with Crippen molar-refractivity contribution in [1.29, 1.82) is 0 Å². The van der Waals surface area contributed by atoms with Gasteiger partial charge in [0.25, 0.3) is 5.91 Å². The van der Waals surface area contributed by atoms with Crippen molar-refractivity contribution in [3.63, 3.8) is 0 Å². The molecule has 0 saturated carbocycles. The minimum Gasteiger partial charge on any atom is -0.399 e. The second kappa shape index (κ2) is 5.93. The molecule has 5 N–H and O–H groups in total. The van der Waals surface area contributed by atoms with Gasteiger partial charge in [0.2, 0.25) is 0 Å². The van der Waals surface area contributed by atoms with Gasteiger partial charge >= 0.3 is 0 Å². The van der Waals surface area contributed by atoms with Crippen LogP contribution in [0.3, 0.4) is 0 Å². The molecule has 0 bridgehead atoms. The Labute approximate surface area is 126 Å². The lowest BCUT2D eigenvalue weighted by atomic mass is 9.98.